The Morgan fingerprint density at radius 2 is 1.55 bits per heavy atom. The number of rotatable bonds is 5. The van der Waals surface area contributed by atoms with E-state index in [-0.39, 0.29) is 5.91 Å². The topological polar surface area (TPSA) is 32.7 Å². The molecular formula is C24H21ClN2OS. The number of amidine groups is 1. The molecule has 0 radical (unpaired) electrons. The van der Waals surface area contributed by atoms with E-state index in [2.05, 4.69) is 29.3 Å². The molecule has 3 nitrogen and oxygen atoms in total. The van der Waals surface area contributed by atoms with Gasteiger partial charge in [-0.05, 0) is 34.4 Å². The molecule has 0 aliphatic carbocycles. The number of aliphatic imine (C=N–C) groups is 1. The van der Waals surface area contributed by atoms with Gasteiger partial charge < -0.3 is 0 Å². The summed E-state index contributed by atoms with van der Waals surface area (Å²) in [7, 11) is 0. The minimum atomic E-state index is 0.0947. The molecule has 0 bridgehead atoms. The maximum Gasteiger partial charge on any atom is 0.233 e. The largest absolute Gasteiger partial charge is 0.289 e. The Morgan fingerprint density at radius 3 is 2.28 bits per heavy atom. The van der Waals surface area contributed by atoms with Crippen LogP contribution in [-0.4, -0.2) is 29.1 Å². The Morgan fingerprint density at radius 1 is 0.897 bits per heavy atom. The molecule has 4 rings (SSSR count). The maximum atomic E-state index is 12.9. The number of carbonyl (C=O) groups is 1. The average molecular weight is 421 g/mol. The molecule has 0 saturated heterocycles. The van der Waals surface area contributed by atoms with Crippen molar-refractivity contribution in [3.05, 3.63) is 95.0 Å². The summed E-state index contributed by atoms with van der Waals surface area (Å²) >= 11 is 7.54. The first kappa shape index (κ1) is 19.7. The van der Waals surface area contributed by atoms with E-state index in [0.29, 0.717) is 19.5 Å². The zero-order chi connectivity index (χ0) is 20.1. The van der Waals surface area contributed by atoms with E-state index in [1.54, 1.807) is 11.8 Å². The molecule has 5 heteroatoms. The molecule has 1 aliphatic rings. The Hall–Kier alpha value is -2.56. The van der Waals surface area contributed by atoms with Crippen LogP contribution in [0.25, 0.3) is 11.1 Å². The van der Waals surface area contributed by atoms with Crippen LogP contribution in [0.1, 0.15) is 11.1 Å². The van der Waals surface area contributed by atoms with Crippen LogP contribution in [0, 0.1) is 0 Å². The Balaban J connectivity index is 1.36. The van der Waals surface area contributed by atoms with Gasteiger partial charge in [0.2, 0.25) is 5.91 Å². The summed E-state index contributed by atoms with van der Waals surface area (Å²) in [5, 5.41) is 1.54. The van der Waals surface area contributed by atoms with Crippen LogP contribution < -0.4 is 0 Å². The van der Waals surface area contributed by atoms with Crippen molar-refractivity contribution in [1.29, 1.82) is 0 Å². The van der Waals surface area contributed by atoms with Gasteiger partial charge in [0.1, 0.15) is 0 Å². The van der Waals surface area contributed by atoms with Gasteiger partial charge in [-0.3, -0.25) is 14.7 Å². The summed E-state index contributed by atoms with van der Waals surface area (Å²) in [6.07, 6.45) is 0.385. The molecular weight excluding hydrogens is 400 g/mol. The van der Waals surface area contributed by atoms with Crippen molar-refractivity contribution in [2.24, 2.45) is 4.99 Å². The minimum Gasteiger partial charge on any atom is -0.289 e. The third-order valence-corrected chi connectivity index (χ3v) is 6.14. The summed E-state index contributed by atoms with van der Waals surface area (Å²) in [5.74, 6) is 0.864. The predicted molar refractivity (Wildman–Crippen MR) is 122 cm³/mol. The van der Waals surface area contributed by atoms with E-state index < -0.39 is 0 Å². The monoisotopic (exact) mass is 420 g/mol. The van der Waals surface area contributed by atoms with Crippen LogP contribution in [-0.2, 0) is 17.0 Å². The highest BCUT2D eigenvalue weighted by Crippen LogP contribution is 2.23. The zero-order valence-electron chi connectivity index (χ0n) is 15.9. The normalized spacial score (nSPS) is 13.4. The van der Waals surface area contributed by atoms with Crippen LogP contribution in [0.15, 0.2) is 83.9 Å². The van der Waals surface area contributed by atoms with Crippen LogP contribution >= 0.6 is 23.4 Å². The first-order valence-electron chi connectivity index (χ1n) is 9.55. The van der Waals surface area contributed by atoms with Crippen molar-refractivity contribution < 1.29 is 4.79 Å². The molecule has 3 aromatic rings. The highest BCUT2D eigenvalue weighted by molar-refractivity contribution is 8.13. The van der Waals surface area contributed by atoms with E-state index in [9.17, 15) is 4.79 Å². The van der Waals surface area contributed by atoms with Crippen LogP contribution in [0.2, 0.25) is 5.02 Å². The number of benzene rings is 3. The van der Waals surface area contributed by atoms with Gasteiger partial charge in [0, 0.05) is 17.3 Å². The summed E-state index contributed by atoms with van der Waals surface area (Å²) in [6, 6.07) is 26.3. The number of hydrogen-bond acceptors (Lipinski definition) is 3. The quantitative estimate of drug-likeness (QED) is 0.531. The lowest BCUT2D eigenvalue weighted by atomic mass is 10.0. The number of hydrogen-bond donors (Lipinski definition) is 0. The van der Waals surface area contributed by atoms with Gasteiger partial charge >= 0.3 is 0 Å². The zero-order valence-corrected chi connectivity index (χ0v) is 17.5. The number of thioether (sulfide) groups is 1. The lowest BCUT2D eigenvalue weighted by Crippen LogP contribution is -2.34. The predicted octanol–water partition coefficient (Wildman–Crippen LogP) is 5.68. The number of halogens is 1. The lowest BCUT2D eigenvalue weighted by Gasteiger charge is -2.18. The van der Waals surface area contributed by atoms with Gasteiger partial charge in [-0.2, -0.15) is 0 Å². The van der Waals surface area contributed by atoms with E-state index in [4.69, 9.17) is 11.6 Å². The minimum absolute atomic E-state index is 0.0947. The first-order chi connectivity index (χ1) is 14.2. The fourth-order valence-electron chi connectivity index (χ4n) is 3.23. The lowest BCUT2D eigenvalue weighted by molar-refractivity contribution is -0.126. The molecule has 29 heavy (non-hydrogen) atoms. The van der Waals surface area contributed by atoms with Gasteiger partial charge in [0.25, 0.3) is 0 Å². The van der Waals surface area contributed by atoms with Gasteiger partial charge in [-0.25, -0.2) is 0 Å². The first-order valence-corrected chi connectivity index (χ1v) is 10.9. The SMILES string of the molecule is O=C(Cc1ccc(-c2ccccc2)cc1)N1CCN=C1SCc1ccc(Cl)cc1. The second-order valence-corrected chi connectivity index (χ2v) is 8.24. The summed E-state index contributed by atoms with van der Waals surface area (Å²) < 4.78 is 0. The fourth-order valence-corrected chi connectivity index (χ4v) is 4.37. The van der Waals surface area contributed by atoms with E-state index >= 15 is 0 Å². The number of amides is 1. The van der Waals surface area contributed by atoms with Crippen molar-refractivity contribution in [1.82, 2.24) is 4.90 Å². The van der Waals surface area contributed by atoms with Crippen LogP contribution in [0.3, 0.4) is 0 Å². The average Bonchev–Trinajstić information content (AvgIpc) is 3.23. The molecule has 0 fully saturated rings. The van der Waals surface area contributed by atoms with Crippen molar-refractivity contribution in [3.8, 4) is 11.1 Å². The summed E-state index contributed by atoms with van der Waals surface area (Å²) in [4.78, 5) is 19.2. The van der Waals surface area contributed by atoms with Gasteiger partial charge in [-0.1, -0.05) is 90.1 Å². The molecule has 0 N–H and O–H groups in total. The third kappa shape index (κ3) is 5.08. The smallest absolute Gasteiger partial charge is 0.233 e. The molecule has 0 atom stereocenters. The fraction of sp³-hybridized carbons (Fsp3) is 0.167. The second-order valence-electron chi connectivity index (χ2n) is 6.86. The van der Waals surface area contributed by atoms with Gasteiger partial charge in [0.15, 0.2) is 5.17 Å². The number of carbonyl (C=O) groups excluding carboxylic acids is 1. The summed E-state index contributed by atoms with van der Waals surface area (Å²) in [6.45, 7) is 1.32. The highest BCUT2D eigenvalue weighted by Gasteiger charge is 2.24. The Bertz CT molecular complexity index is 1000. The molecule has 0 unspecified atom stereocenters. The molecule has 146 valence electrons. The standard InChI is InChI=1S/C24H21ClN2OS/c25-22-12-8-19(9-13-22)17-29-24-26-14-15-27(24)23(28)16-18-6-10-21(11-7-18)20-4-2-1-3-5-20/h1-13H,14-17H2. The molecule has 0 aromatic heterocycles. The molecule has 1 amide bonds. The van der Waals surface area contributed by atoms with Gasteiger partial charge in [-0.15, -0.1) is 0 Å². The van der Waals surface area contributed by atoms with Crippen molar-refractivity contribution in [2.45, 2.75) is 12.2 Å². The van der Waals surface area contributed by atoms with Crippen molar-refractivity contribution in [3.63, 3.8) is 0 Å². The molecule has 1 heterocycles. The number of nitrogens with zero attached hydrogens (tertiary/aromatic N) is 2. The van der Waals surface area contributed by atoms with E-state index in [1.807, 2.05) is 59.5 Å². The molecule has 0 saturated carbocycles. The molecule has 0 spiro atoms. The Labute approximate surface area is 180 Å². The van der Waals surface area contributed by atoms with E-state index in [1.165, 1.54) is 5.56 Å². The summed E-state index contributed by atoms with van der Waals surface area (Å²) in [5.41, 5.74) is 4.52. The van der Waals surface area contributed by atoms with Gasteiger partial charge in [0.05, 0.1) is 13.0 Å². The Kier molecular flexibility index (Phi) is 6.33. The highest BCUT2D eigenvalue weighted by atomic mass is 35.5. The van der Waals surface area contributed by atoms with Crippen molar-refractivity contribution >= 4 is 34.4 Å². The molecule has 1 aliphatic heterocycles. The second kappa shape index (κ2) is 9.29. The molecule has 3 aromatic carbocycles. The van der Waals surface area contributed by atoms with Crippen LogP contribution in [0.4, 0.5) is 0 Å². The third-order valence-electron chi connectivity index (χ3n) is 4.80. The van der Waals surface area contributed by atoms with Crippen molar-refractivity contribution in [2.75, 3.05) is 13.1 Å². The maximum absolute atomic E-state index is 12.9. The van der Waals surface area contributed by atoms with Crippen LogP contribution in [0.5, 0.6) is 0 Å². The van der Waals surface area contributed by atoms with E-state index in [0.717, 1.165) is 32.6 Å².